The highest BCUT2D eigenvalue weighted by molar-refractivity contribution is 5.80. The first-order valence-corrected chi connectivity index (χ1v) is 7.31. The average Bonchev–Trinajstić information content (AvgIpc) is 2.44. The lowest BCUT2D eigenvalue weighted by Crippen LogP contribution is -2.42. The van der Waals surface area contributed by atoms with Crippen molar-refractivity contribution in [2.45, 2.75) is 32.6 Å². The summed E-state index contributed by atoms with van der Waals surface area (Å²) in [5, 5.41) is 6.47. The molecule has 1 aliphatic heterocycles. The SMILES string of the molecule is CC(C)(C)c1ccc(OCCNC2=NCCCN2)cc1. The van der Waals surface area contributed by atoms with Crippen molar-refractivity contribution in [3.63, 3.8) is 0 Å². The van der Waals surface area contributed by atoms with Gasteiger partial charge in [-0.2, -0.15) is 0 Å². The number of hydrogen-bond acceptors (Lipinski definition) is 4. The highest BCUT2D eigenvalue weighted by Crippen LogP contribution is 2.24. The third-order valence-electron chi connectivity index (χ3n) is 3.28. The molecule has 0 atom stereocenters. The van der Waals surface area contributed by atoms with E-state index in [2.05, 4.69) is 48.5 Å². The first kappa shape index (κ1) is 14.7. The second-order valence-electron chi connectivity index (χ2n) is 6.06. The number of guanidine groups is 1. The molecule has 0 aromatic heterocycles. The minimum absolute atomic E-state index is 0.185. The predicted molar refractivity (Wildman–Crippen MR) is 83.6 cm³/mol. The van der Waals surface area contributed by atoms with Crippen molar-refractivity contribution in [1.82, 2.24) is 10.6 Å². The zero-order valence-corrected chi connectivity index (χ0v) is 12.7. The quantitative estimate of drug-likeness (QED) is 0.829. The molecule has 0 amide bonds. The molecular formula is C16H25N3O. The lowest BCUT2D eigenvalue weighted by molar-refractivity contribution is 0.321. The Balaban J connectivity index is 1.73. The number of benzene rings is 1. The third-order valence-corrected chi connectivity index (χ3v) is 3.28. The predicted octanol–water partition coefficient (Wildman–Crippen LogP) is 2.30. The Hall–Kier alpha value is -1.71. The average molecular weight is 275 g/mol. The van der Waals surface area contributed by atoms with Gasteiger partial charge < -0.3 is 15.4 Å². The van der Waals surface area contributed by atoms with E-state index >= 15 is 0 Å². The van der Waals surface area contributed by atoms with E-state index in [0.717, 1.165) is 37.8 Å². The Kier molecular flexibility index (Phi) is 4.88. The van der Waals surface area contributed by atoms with Crippen LogP contribution in [0.4, 0.5) is 0 Å². The molecule has 0 radical (unpaired) electrons. The molecule has 110 valence electrons. The fraction of sp³-hybridized carbons (Fsp3) is 0.562. The molecule has 2 N–H and O–H groups in total. The maximum Gasteiger partial charge on any atom is 0.191 e. The van der Waals surface area contributed by atoms with Crippen molar-refractivity contribution in [1.29, 1.82) is 0 Å². The first-order valence-electron chi connectivity index (χ1n) is 7.31. The number of rotatable bonds is 4. The number of hydrogen-bond donors (Lipinski definition) is 2. The molecule has 1 aromatic carbocycles. The van der Waals surface area contributed by atoms with Crippen LogP contribution < -0.4 is 15.4 Å². The van der Waals surface area contributed by atoms with E-state index in [-0.39, 0.29) is 5.41 Å². The molecule has 1 aromatic rings. The molecule has 2 rings (SSSR count). The number of ether oxygens (including phenoxy) is 1. The van der Waals surface area contributed by atoms with Crippen LogP contribution in [-0.2, 0) is 5.41 Å². The Bertz CT molecular complexity index is 446. The van der Waals surface area contributed by atoms with Crippen LogP contribution in [0.5, 0.6) is 5.75 Å². The fourth-order valence-corrected chi connectivity index (χ4v) is 2.04. The van der Waals surface area contributed by atoms with E-state index in [1.54, 1.807) is 0 Å². The number of nitrogens with one attached hydrogen (secondary N) is 2. The van der Waals surface area contributed by atoms with E-state index in [9.17, 15) is 0 Å². The van der Waals surface area contributed by atoms with Gasteiger partial charge in [0.1, 0.15) is 12.4 Å². The second kappa shape index (κ2) is 6.64. The molecule has 1 aliphatic rings. The molecule has 0 spiro atoms. The molecule has 0 saturated carbocycles. The standard InChI is InChI=1S/C16H25N3O/c1-16(2,3)13-5-7-14(8-6-13)20-12-11-19-15-17-9-4-10-18-15/h5-8H,4,9-12H2,1-3H3,(H2,17,18,19). The van der Waals surface area contributed by atoms with Crippen LogP contribution in [0.15, 0.2) is 29.3 Å². The van der Waals surface area contributed by atoms with E-state index in [1.807, 2.05) is 12.1 Å². The van der Waals surface area contributed by atoms with E-state index in [4.69, 9.17) is 4.74 Å². The molecule has 20 heavy (non-hydrogen) atoms. The van der Waals surface area contributed by atoms with Gasteiger partial charge in [0, 0.05) is 13.1 Å². The van der Waals surface area contributed by atoms with Gasteiger partial charge >= 0.3 is 0 Å². The summed E-state index contributed by atoms with van der Waals surface area (Å²) in [6, 6.07) is 8.35. The maximum atomic E-state index is 5.72. The van der Waals surface area contributed by atoms with Crippen LogP contribution in [0.3, 0.4) is 0 Å². The highest BCUT2D eigenvalue weighted by Gasteiger charge is 2.12. The largest absolute Gasteiger partial charge is 0.492 e. The van der Waals surface area contributed by atoms with Crippen molar-refractivity contribution in [3.05, 3.63) is 29.8 Å². The lowest BCUT2D eigenvalue weighted by Gasteiger charge is -2.19. The van der Waals surface area contributed by atoms with Crippen LogP contribution in [-0.4, -0.2) is 32.2 Å². The van der Waals surface area contributed by atoms with Crippen molar-refractivity contribution < 1.29 is 4.74 Å². The topological polar surface area (TPSA) is 45.6 Å². The minimum atomic E-state index is 0.185. The van der Waals surface area contributed by atoms with Crippen molar-refractivity contribution in [2.24, 2.45) is 4.99 Å². The van der Waals surface area contributed by atoms with Crippen molar-refractivity contribution >= 4 is 5.96 Å². The summed E-state index contributed by atoms with van der Waals surface area (Å²) >= 11 is 0. The van der Waals surface area contributed by atoms with Crippen molar-refractivity contribution in [3.8, 4) is 5.75 Å². The van der Waals surface area contributed by atoms with Gasteiger partial charge in [-0.15, -0.1) is 0 Å². The Morgan fingerprint density at radius 1 is 1.25 bits per heavy atom. The van der Waals surface area contributed by atoms with Gasteiger partial charge in [-0.25, -0.2) is 0 Å². The monoisotopic (exact) mass is 275 g/mol. The van der Waals surface area contributed by atoms with Gasteiger partial charge in [0.25, 0.3) is 0 Å². The van der Waals surface area contributed by atoms with Gasteiger partial charge in [-0.05, 0) is 29.5 Å². The Morgan fingerprint density at radius 2 is 2.00 bits per heavy atom. The van der Waals surface area contributed by atoms with Crippen LogP contribution in [0.1, 0.15) is 32.8 Å². The maximum absolute atomic E-state index is 5.72. The summed E-state index contributed by atoms with van der Waals surface area (Å²) < 4.78 is 5.72. The smallest absolute Gasteiger partial charge is 0.191 e. The van der Waals surface area contributed by atoms with Crippen molar-refractivity contribution in [2.75, 3.05) is 26.2 Å². The molecule has 1 heterocycles. The Labute approximate surface area is 121 Å². The Morgan fingerprint density at radius 3 is 2.60 bits per heavy atom. The van der Waals surface area contributed by atoms with Crippen LogP contribution >= 0.6 is 0 Å². The molecule has 4 nitrogen and oxygen atoms in total. The summed E-state index contributed by atoms with van der Waals surface area (Å²) in [4.78, 5) is 4.35. The molecule has 0 aliphatic carbocycles. The summed E-state index contributed by atoms with van der Waals surface area (Å²) in [5.74, 6) is 1.81. The lowest BCUT2D eigenvalue weighted by atomic mass is 9.87. The third kappa shape index (κ3) is 4.44. The van der Waals surface area contributed by atoms with Gasteiger partial charge in [0.05, 0.1) is 6.54 Å². The summed E-state index contributed by atoms with van der Waals surface area (Å²) in [6.45, 7) is 9.94. The van der Waals surface area contributed by atoms with E-state index in [1.165, 1.54) is 5.56 Å². The molecular weight excluding hydrogens is 250 g/mol. The van der Waals surface area contributed by atoms with Gasteiger partial charge in [0.15, 0.2) is 5.96 Å². The minimum Gasteiger partial charge on any atom is -0.492 e. The van der Waals surface area contributed by atoms with Crippen LogP contribution in [0, 0.1) is 0 Å². The van der Waals surface area contributed by atoms with E-state index < -0.39 is 0 Å². The molecule has 0 fully saturated rings. The van der Waals surface area contributed by atoms with Crippen LogP contribution in [0.2, 0.25) is 0 Å². The zero-order chi connectivity index (χ0) is 14.4. The van der Waals surface area contributed by atoms with Gasteiger partial charge in [-0.1, -0.05) is 32.9 Å². The molecule has 0 bridgehead atoms. The summed E-state index contributed by atoms with van der Waals surface area (Å²) in [6.07, 6.45) is 1.11. The molecule has 4 heteroatoms. The first-order chi connectivity index (χ1) is 9.55. The van der Waals surface area contributed by atoms with Gasteiger partial charge in [0.2, 0.25) is 0 Å². The van der Waals surface area contributed by atoms with Crippen LogP contribution in [0.25, 0.3) is 0 Å². The molecule has 0 saturated heterocycles. The number of aliphatic imine (C=N–C) groups is 1. The second-order valence-corrected chi connectivity index (χ2v) is 6.06. The van der Waals surface area contributed by atoms with Gasteiger partial charge in [-0.3, -0.25) is 4.99 Å². The fourth-order valence-electron chi connectivity index (χ4n) is 2.04. The molecule has 0 unspecified atom stereocenters. The number of nitrogens with zero attached hydrogens (tertiary/aromatic N) is 1. The summed E-state index contributed by atoms with van der Waals surface area (Å²) in [7, 11) is 0. The normalized spacial score (nSPS) is 15.2. The zero-order valence-electron chi connectivity index (χ0n) is 12.7. The highest BCUT2D eigenvalue weighted by atomic mass is 16.5. The van der Waals surface area contributed by atoms with E-state index in [0.29, 0.717) is 6.61 Å². The summed E-state index contributed by atoms with van der Waals surface area (Å²) in [5.41, 5.74) is 1.51.